The van der Waals surface area contributed by atoms with Crippen LogP contribution in [0.1, 0.15) is 0 Å². The minimum absolute atomic E-state index is 0.00303. The molecule has 0 aliphatic rings. The lowest BCUT2D eigenvalue weighted by Gasteiger charge is -2.12. The summed E-state index contributed by atoms with van der Waals surface area (Å²) in [5.41, 5.74) is 5.88. The summed E-state index contributed by atoms with van der Waals surface area (Å²) < 4.78 is 18.9. The van der Waals surface area contributed by atoms with Gasteiger partial charge in [-0.3, -0.25) is 0 Å². The number of aromatic nitrogens is 1. The Morgan fingerprint density at radius 3 is 2.73 bits per heavy atom. The van der Waals surface area contributed by atoms with Gasteiger partial charge >= 0.3 is 6.16 Å². The van der Waals surface area contributed by atoms with Gasteiger partial charge in [-0.1, -0.05) is 23.2 Å². The fourth-order valence-corrected chi connectivity index (χ4v) is 2.17. The van der Waals surface area contributed by atoms with Crippen molar-refractivity contribution < 1.29 is 19.0 Å². The number of hydrogen-bond acceptors (Lipinski definition) is 5. The number of pyridine rings is 1. The maximum absolute atomic E-state index is 14.4. The van der Waals surface area contributed by atoms with Crippen LogP contribution in [0.3, 0.4) is 0 Å². The lowest BCUT2D eigenvalue weighted by Crippen LogP contribution is -2.07. The van der Waals surface area contributed by atoms with Crippen LogP contribution in [0.2, 0.25) is 10.0 Å². The average molecular weight is 346 g/mol. The molecule has 0 amide bonds. The van der Waals surface area contributed by atoms with E-state index >= 15 is 0 Å². The number of rotatable bonds is 3. The van der Waals surface area contributed by atoms with Crippen molar-refractivity contribution in [3.63, 3.8) is 0 Å². The van der Waals surface area contributed by atoms with Crippen LogP contribution in [0.25, 0.3) is 11.3 Å². The lowest BCUT2D eigenvalue weighted by molar-refractivity contribution is 0.142. The third-order valence-electron chi connectivity index (χ3n) is 2.76. The molecule has 2 aromatic rings. The topological polar surface area (TPSA) is 97.5 Å². The predicted octanol–water partition coefficient (Wildman–Crippen LogP) is 3.88. The number of nitrogens with one attached hydrogen (secondary N) is 1. The molecule has 0 spiro atoms. The zero-order valence-corrected chi connectivity index (χ0v) is 12.7. The number of halogens is 3. The van der Waals surface area contributed by atoms with Gasteiger partial charge in [0.05, 0.1) is 22.1 Å². The van der Waals surface area contributed by atoms with Crippen molar-refractivity contribution in [1.29, 1.82) is 0 Å². The van der Waals surface area contributed by atoms with Gasteiger partial charge in [-0.2, -0.15) is 0 Å². The highest BCUT2D eigenvalue weighted by molar-refractivity contribution is 6.34. The Bertz CT molecular complexity index is 756. The molecule has 116 valence electrons. The molecule has 0 saturated heterocycles. The van der Waals surface area contributed by atoms with Crippen molar-refractivity contribution in [1.82, 2.24) is 4.98 Å². The zero-order valence-electron chi connectivity index (χ0n) is 11.2. The van der Waals surface area contributed by atoms with Crippen LogP contribution >= 0.6 is 23.2 Å². The molecule has 0 bridgehead atoms. The second-order valence-corrected chi connectivity index (χ2v) is 4.90. The Hall–Kier alpha value is -2.25. The molecule has 1 aromatic heterocycles. The van der Waals surface area contributed by atoms with Crippen molar-refractivity contribution in [3.05, 3.63) is 34.1 Å². The Balaban J connectivity index is 2.63. The predicted molar refractivity (Wildman–Crippen MR) is 82.3 cm³/mol. The highest BCUT2D eigenvalue weighted by Gasteiger charge is 2.18. The first-order chi connectivity index (χ1) is 10.3. The van der Waals surface area contributed by atoms with Gasteiger partial charge in [0.25, 0.3) is 0 Å². The van der Waals surface area contributed by atoms with Gasteiger partial charge in [0.2, 0.25) is 5.88 Å². The summed E-state index contributed by atoms with van der Waals surface area (Å²) in [6, 6.07) is 4.16. The van der Waals surface area contributed by atoms with Crippen LogP contribution in [0.15, 0.2) is 18.2 Å². The Kier molecular flexibility index (Phi) is 4.58. The summed E-state index contributed by atoms with van der Waals surface area (Å²) in [4.78, 5) is 14.5. The van der Waals surface area contributed by atoms with E-state index in [1.807, 2.05) is 0 Å². The molecule has 4 N–H and O–H groups in total. The molecule has 0 aliphatic carbocycles. The first-order valence-electron chi connectivity index (χ1n) is 5.88. The molecule has 6 nitrogen and oxygen atoms in total. The van der Waals surface area contributed by atoms with Gasteiger partial charge in [0, 0.05) is 12.6 Å². The number of carbonyl (C=O) groups is 1. The number of nitrogens with zero attached hydrogens (tertiary/aromatic N) is 1. The summed E-state index contributed by atoms with van der Waals surface area (Å²) in [5, 5.41) is 11.3. The van der Waals surface area contributed by atoms with E-state index in [9.17, 15) is 9.18 Å². The number of nitrogen functional groups attached to an aromatic ring is 1. The van der Waals surface area contributed by atoms with Gasteiger partial charge in [0.1, 0.15) is 5.02 Å². The first-order valence-corrected chi connectivity index (χ1v) is 6.63. The van der Waals surface area contributed by atoms with E-state index in [4.69, 9.17) is 34.0 Å². The van der Waals surface area contributed by atoms with Crippen molar-refractivity contribution in [2.45, 2.75) is 0 Å². The zero-order chi connectivity index (χ0) is 16.4. The summed E-state index contributed by atoms with van der Waals surface area (Å²) in [6.45, 7) is 0. The maximum atomic E-state index is 14.4. The molecule has 1 aromatic carbocycles. The van der Waals surface area contributed by atoms with Gasteiger partial charge in [0.15, 0.2) is 5.82 Å². The second kappa shape index (κ2) is 6.25. The highest BCUT2D eigenvalue weighted by atomic mass is 35.5. The van der Waals surface area contributed by atoms with Crippen molar-refractivity contribution >= 4 is 40.7 Å². The molecule has 2 rings (SSSR count). The van der Waals surface area contributed by atoms with E-state index in [-0.39, 0.29) is 32.7 Å². The lowest BCUT2D eigenvalue weighted by atomic mass is 10.1. The standard InChI is InChI=1S/C13H10Cl2FN3O3/c1-18-11-6(14)3-2-5(10(11)16)8-4-7(17)9(15)12(19-8)22-13(20)21/h2-4,18H,1H3,(H2,17,19)(H,20,21). The van der Waals surface area contributed by atoms with Gasteiger partial charge < -0.3 is 20.9 Å². The van der Waals surface area contributed by atoms with Gasteiger partial charge in [-0.05, 0) is 18.2 Å². The Labute approximate surface area is 134 Å². The van der Waals surface area contributed by atoms with E-state index in [0.29, 0.717) is 0 Å². The van der Waals surface area contributed by atoms with Gasteiger partial charge in [-0.15, -0.1) is 0 Å². The minimum atomic E-state index is -1.61. The molecular weight excluding hydrogens is 336 g/mol. The van der Waals surface area contributed by atoms with Crippen LogP contribution in [0.5, 0.6) is 5.88 Å². The molecular formula is C13H10Cl2FN3O3. The number of anilines is 2. The van der Waals surface area contributed by atoms with Crippen LogP contribution in [-0.4, -0.2) is 23.3 Å². The van der Waals surface area contributed by atoms with E-state index in [2.05, 4.69) is 15.0 Å². The molecule has 22 heavy (non-hydrogen) atoms. The summed E-state index contributed by atoms with van der Waals surface area (Å²) in [7, 11) is 1.51. The molecule has 1 heterocycles. The fourth-order valence-electron chi connectivity index (χ4n) is 1.79. The van der Waals surface area contributed by atoms with Crippen LogP contribution < -0.4 is 15.8 Å². The number of benzene rings is 1. The van der Waals surface area contributed by atoms with E-state index in [1.54, 1.807) is 0 Å². The molecule has 0 unspecified atom stereocenters. The maximum Gasteiger partial charge on any atom is 0.512 e. The Morgan fingerprint density at radius 2 is 2.14 bits per heavy atom. The van der Waals surface area contributed by atoms with Crippen molar-refractivity contribution in [2.24, 2.45) is 0 Å². The fraction of sp³-hybridized carbons (Fsp3) is 0.0769. The largest absolute Gasteiger partial charge is 0.512 e. The molecule has 0 radical (unpaired) electrons. The minimum Gasteiger partial charge on any atom is -0.449 e. The molecule has 0 atom stereocenters. The second-order valence-electron chi connectivity index (χ2n) is 4.12. The number of nitrogens with two attached hydrogens (primary N) is 1. The van der Waals surface area contributed by atoms with Crippen molar-refractivity contribution in [3.8, 4) is 17.1 Å². The number of carboxylic acid groups (broad SMARTS) is 1. The smallest absolute Gasteiger partial charge is 0.449 e. The van der Waals surface area contributed by atoms with Gasteiger partial charge in [-0.25, -0.2) is 14.2 Å². The monoisotopic (exact) mass is 345 g/mol. The van der Waals surface area contributed by atoms with Crippen LogP contribution in [0, 0.1) is 5.82 Å². The summed E-state index contributed by atoms with van der Waals surface area (Å²) >= 11 is 11.7. The normalized spacial score (nSPS) is 10.4. The quantitative estimate of drug-likeness (QED) is 0.730. The third-order valence-corrected chi connectivity index (χ3v) is 3.45. The van der Waals surface area contributed by atoms with Crippen LogP contribution in [-0.2, 0) is 0 Å². The third kappa shape index (κ3) is 3.00. The van der Waals surface area contributed by atoms with E-state index < -0.39 is 17.9 Å². The highest BCUT2D eigenvalue weighted by Crippen LogP contribution is 2.36. The molecule has 0 fully saturated rings. The Morgan fingerprint density at radius 1 is 1.45 bits per heavy atom. The number of hydrogen-bond donors (Lipinski definition) is 3. The first kappa shape index (κ1) is 16.1. The summed E-state index contributed by atoms with van der Waals surface area (Å²) in [6.07, 6.45) is -1.61. The molecule has 0 saturated carbocycles. The van der Waals surface area contributed by atoms with E-state index in [0.717, 1.165) is 0 Å². The molecule has 0 aliphatic heterocycles. The number of ether oxygens (including phenoxy) is 1. The van der Waals surface area contributed by atoms with Crippen LogP contribution in [0.4, 0.5) is 20.6 Å². The van der Waals surface area contributed by atoms with E-state index in [1.165, 1.54) is 25.2 Å². The average Bonchev–Trinajstić information content (AvgIpc) is 2.44. The summed E-state index contributed by atoms with van der Waals surface area (Å²) in [5.74, 6) is -1.09. The molecule has 9 heteroatoms. The SMILES string of the molecule is CNc1c(Cl)ccc(-c2cc(N)c(Cl)c(OC(=O)O)n2)c1F. The van der Waals surface area contributed by atoms with Crippen molar-refractivity contribution in [2.75, 3.05) is 18.1 Å².